The van der Waals surface area contributed by atoms with Gasteiger partial charge in [0.1, 0.15) is 0 Å². The fourth-order valence-electron chi connectivity index (χ4n) is 5.60. The number of pyridine rings is 1. The summed E-state index contributed by atoms with van der Waals surface area (Å²) in [4.78, 5) is 25.7. The highest BCUT2D eigenvalue weighted by Gasteiger charge is 2.31. The second-order valence-corrected chi connectivity index (χ2v) is 9.83. The van der Waals surface area contributed by atoms with E-state index < -0.39 is 0 Å². The Morgan fingerprint density at radius 2 is 2.00 bits per heavy atom. The third-order valence-corrected chi connectivity index (χ3v) is 6.97. The Morgan fingerprint density at radius 3 is 2.76 bits per heavy atom. The number of likely N-dealkylation sites (tertiary alicyclic amines) is 1. The van der Waals surface area contributed by atoms with Crippen molar-refractivity contribution in [2.75, 3.05) is 32.7 Å². The van der Waals surface area contributed by atoms with Crippen LogP contribution in [0, 0.1) is 6.92 Å². The molecule has 3 aromatic rings. The number of carbonyl (C=O) groups excluding carboxylic acids is 1. The van der Waals surface area contributed by atoms with Gasteiger partial charge in [-0.2, -0.15) is 0 Å². The van der Waals surface area contributed by atoms with Crippen molar-refractivity contribution in [1.29, 1.82) is 0 Å². The first-order chi connectivity index (χ1) is 16.0. The molecular weight excluding hydrogens is 412 g/mol. The van der Waals surface area contributed by atoms with Gasteiger partial charge >= 0.3 is 0 Å². The molecular formula is C27H34N4O2. The van der Waals surface area contributed by atoms with E-state index in [4.69, 9.17) is 4.74 Å². The molecule has 2 fully saturated rings. The lowest BCUT2D eigenvalue weighted by Gasteiger charge is -2.38. The van der Waals surface area contributed by atoms with Crippen molar-refractivity contribution >= 4 is 16.8 Å². The molecule has 6 nitrogen and oxygen atoms in total. The minimum atomic E-state index is 0.174. The van der Waals surface area contributed by atoms with Gasteiger partial charge in [0.05, 0.1) is 18.8 Å². The first-order valence-electron chi connectivity index (χ1n) is 12.2. The second kappa shape index (κ2) is 9.27. The summed E-state index contributed by atoms with van der Waals surface area (Å²) in [6, 6.07) is 10.7. The molecule has 2 aliphatic rings. The summed E-state index contributed by atoms with van der Waals surface area (Å²) in [6.45, 7) is 10.0. The standard InChI is InChI=1S/C27H34N4O2/c1-18-8-9-24-23(12-18)26(21-6-4-10-28-13-21)27(29-24)22-7-5-11-31(16-22)25(32)17-30-14-19(2)33-20(3)15-30/h4,6,8-10,12-13,19-20,22,29H,5,7,11,14-17H2,1-3H3/t19-,20-,22-/m1/s1. The van der Waals surface area contributed by atoms with Crippen LogP contribution >= 0.6 is 0 Å². The van der Waals surface area contributed by atoms with Crippen LogP contribution in [0.2, 0.25) is 0 Å². The molecule has 0 unspecified atom stereocenters. The van der Waals surface area contributed by atoms with E-state index in [0.29, 0.717) is 6.54 Å². The Bertz CT molecular complexity index is 1120. The molecule has 0 radical (unpaired) electrons. The van der Waals surface area contributed by atoms with E-state index in [2.05, 4.69) is 64.8 Å². The van der Waals surface area contributed by atoms with Gasteiger partial charge in [0.2, 0.25) is 5.91 Å². The highest BCUT2D eigenvalue weighted by molar-refractivity contribution is 5.98. The number of morpholine rings is 1. The van der Waals surface area contributed by atoms with Crippen molar-refractivity contribution in [3.63, 3.8) is 0 Å². The molecule has 1 N–H and O–H groups in total. The van der Waals surface area contributed by atoms with Crippen LogP contribution < -0.4 is 0 Å². The summed E-state index contributed by atoms with van der Waals surface area (Å²) in [7, 11) is 0. The quantitative estimate of drug-likeness (QED) is 0.647. The third-order valence-electron chi connectivity index (χ3n) is 6.97. The van der Waals surface area contributed by atoms with Crippen LogP contribution in [0.1, 0.15) is 43.9 Å². The number of carbonyl (C=O) groups is 1. The van der Waals surface area contributed by atoms with Crippen molar-refractivity contribution in [3.05, 3.63) is 54.0 Å². The predicted octanol–water partition coefficient (Wildman–Crippen LogP) is 4.35. The highest BCUT2D eigenvalue weighted by Crippen LogP contribution is 2.39. The number of piperidine rings is 1. The number of hydrogen-bond acceptors (Lipinski definition) is 4. The van der Waals surface area contributed by atoms with Gasteiger partial charge in [0.25, 0.3) is 0 Å². The number of rotatable bonds is 4. The number of aryl methyl sites for hydroxylation is 1. The number of ether oxygens (including phenoxy) is 1. The van der Waals surface area contributed by atoms with E-state index in [-0.39, 0.29) is 24.0 Å². The molecule has 6 heteroatoms. The van der Waals surface area contributed by atoms with Gasteiger partial charge in [-0.25, -0.2) is 0 Å². The molecule has 1 amide bonds. The number of nitrogens with one attached hydrogen (secondary N) is 1. The zero-order valence-electron chi connectivity index (χ0n) is 19.9. The Kier molecular flexibility index (Phi) is 6.21. The van der Waals surface area contributed by atoms with Crippen LogP contribution in [0.3, 0.4) is 0 Å². The molecule has 2 saturated heterocycles. The maximum Gasteiger partial charge on any atom is 0.236 e. The SMILES string of the molecule is Cc1ccc2[nH]c([C@@H]3CCCN(C(=O)CN4C[C@@H](C)O[C@H](C)C4)C3)c(-c3cccnc3)c2c1. The van der Waals surface area contributed by atoms with E-state index in [1.807, 2.05) is 18.5 Å². The molecule has 33 heavy (non-hydrogen) atoms. The van der Waals surface area contributed by atoms with E-state index >= 15 is 0 Å². The summed E-state index contributed by atoms with van der Waals surface area (Å²) < 4.78 is 5.83. The van der Waals surface area contributed by atoms with E-state index in [1.54, 1.807) is 0 Å². The van der Waals surface area contributed by atoms with Gasteiger partial charge < -0.3 is 14.6 Å². The van der Waals surface area contributed by atoms with Crippen LogP contribution in [0.15, 0.2) is 42.7 Å². The van der Waals surface area contributed by atoms with E-state index in [1.165, 1.54) is 22.2 Å². The molecule has 3 atom stereocenters. The van der Waals surface area contributed by atoms with Crippen LogP contribution in [0.4, 0.5) is 0 Å². The molecule has 4 heterocycles. The summed E-state index contributed by atoms with van der Waals surface area (Å²) in [6.07, 6.45) is 6.21. The molecule has 2 aliphatic heterocycles. The van der Waals surface area contributed by atoms with Crippen molar-refractivity contribution in [1.82, 2.24) is 19.8 Å². The smallest absolute Gasteiger partial charge is 0.236 e. The lowest BCUT2D eigenvalue weighted by Crippen LogP contribution is -2.51. The number of amides is 1. The first kappa shape index (κ1) is 22.1. The predicted molar refractivity (Wildman–Crippen MR) is 131 cm³/mol. The van der Waals surface area contributed by atoms with Gasteiger partial charge in [-0.05, 0) is 51.8 Å². The Balaban J connectivity index is 1.40. The number of hydrogen-bond donors (Lipinski definition) is 1. The summed E-state index contributed by atoms with van der Waals surface area (Å²) in [5, 5.41) is 1.23. The molecule has 5 rings (SSSR count). The fourth-order valence-corrected chi connectivity index (χ4v) is 5.60. The number of benzene rings is 1. The molecule has 174 valence electrons. The molecule has 0 bridgehead atoms. The minimum absolute atomic E-state index is 0.174. The van der Waals surface area contributed by atoms with E-state index in [0.717, 1.165) is 50.1 Å². The average Bonchev–Trinajstić information content (AvgIpc) is 3.17. The normalized spacial score (nSPS) is 24.3. The lowest BCUT2D eigenvalue weighted by molar-refractivity contribution is -0.137. The van der Waals surface area contributed by atoms with Crippen LogP contribution in [0.25, 0.3) is 22.0 Å². The maximum atomic E-state index is 13.3. The Hall–Kier alpha value is -2.70. The first-order valence-corrected chi connectivity index (χ1v) is 12.2. The molecule has 0 aliphatic carbocycles. The number of fused-ring (bicyclic) bond motifs is 1. The molecule has 2 aromatic heterocycles. The number of aromatic nitrogens is 2. The van der Waals surface area contributed by atoms with Gasteiger partial charge in [-0.15, -0.1) is 0 Å². The topological polar surface area (TPSA) is 61.5 Å². The van der Waals surface area contributed by atoms with Crippen molar-refractivity contribution < 1.29 is 9.53 Å². The molecule has 0 saturated carbocycles. The zero-order valence-corrected chi connectivity index (χ0v) is 19.9. The number of nitrogens with zero attached hydrogens (tertiary/aromatic N) is 3. The third kappa shape index (κ3) is 4.68. The van der Waals surface area contributed by atoms with Gasteiger partial charge in [0.15, 0.2) is 0 Å². The Labute approximate surface area is 195 Å². The number of H-pyrrole nitrogens is 1. The largest absolute Gasteiger partial charge is 0.373 e. The molecule has 1 aromatic carbocycles. The Morgan fingerprint density at radius 1 is 1.18 bits per heavy atom. The van der Waals surface area contributed by atoms with Crippen molar-refractivity contribution in [2.45, 2.75) is 51.7 Å². The lowest BCUT2D eigenvalue weighted by atomic mass is 9.89. The number of aromatic amines is 1. The summed E-state index contributed by atoms with van der Waals surface area (Å²) >= 11 is 0. The molecule has 0 spiro atoms. The van der Waals surface area contributed by atoms with Gasteiger partial charge in [0, 0.05) is 72.2 Å². The highest BCUT2D eigenvalue weighted by atomic mass is 16.5. The average molecular weight is 447 g/mol. The van der Waals surface area contributed by atoms with Gasteiger partial charge in [-0.3, -0.25) is 14.7 Å². The van der Waals surface area contributed by atoms with Crippen LogP contribution in [-0.2, 0) is 9.53 Å². The maximum absolute atomic E-state index is 13.3. The fraction of sp³-hybridized carbons (Fsp3) is 0.481. The van der Waals surface area contributed by atoms with Gasteiger partial charge in [-0.1, -0.05) is 17.7 Å². The van der Waals surface area contributed by atoms with Crippen LogP contribution in [0.5, 0.6) is 0 Å². The van der Waals surface area contributed by atoms with Crippen molar-refractivity contribution in [2.24, 2.45) is 0 Å². The summed E-state index contributed by atoms with van der Waals surface area (Å²) in [5.74, 6) is 0.518. The van der Waals surface area contributed by atoms with Crippen molar-refractivity contribution in [3.8, 4) is 11.1 Å². The second-order valence-electron chi connectivity index (χ2n) is 9.83. The summed E-state index contributed by atoms with van der Waals surface area (Å²) in [5.41, 5.74) is 5.98. The monoisotopic (exact) mass is 446 g/mol. The minimum Gasteiger partial charge on any atom is -0.373 e. The zero-order chi connectivity index (χ0) is 22.9. The van der Waals surface area contributed by atoms with Crippen LogP contribution in [-0.4, -0.2) is 70.6 Å². The van der Waals surface area contributed by atoms with E-state index in [9.17, 15) is 4.79 Å².